The lowest BCUT2D eigenvalue weighted by molar-refractivity contribution is -0.131. The van der Waals surface area contributed by atoms with Crippen molar-refractivity contribution in [3.05, 3.63) is 84.9 Å². The molecule has 0 atom stereocenters. The van der Waals surface area contributed by atoms with Crippen molar-refractivity contribution in [2.24, 2.45) is 0 Å². The van der Waals surface area contributed by atoms with Gasteiger partial charge in [0.05, 0.1) is 24.2 Å². The van der Waals surface area contributed by atoms with Crippen LogP contribution >= 0.6 is 11.8 Å². The van der Waals surface area contributed by atoms with Gasteiger partial charge in [0.1, 0.15) is 5.75 Å². The zero-order chi connectivity index (χ0) is 29.1. The topological polar surface area (TPSA) is 50.6 Å². The molecule has 0 N–H and O–H groups in total. The predicted molar refractivity (Wildman–Crippen MR) is 174 cm³/mol. The zero-order valence-electron chi connectivity index (χ0n) is 24.9. The molecule has 6 nitrogen and oxygen atoms in total. The van der Waals surface area contributed by atoms with E-state index in [1.165, 1.54) is 11.3 Å². The summed E-state index contributed by atoms with van der Waals surface area (Å²) in [7, 11) is 1.71. The number of piperazine rings is 1. The van der Waals surface area contributed by atoms with Gasteiger partial charge in [-0.2, -0.15) is 0 Å². The summed E-state index contributed by atoms with van der Waals surface area (Å²) in [6, 6.07) is 29.3. The summed E-state index contributed by atoms with van der Waals surface area (Å²) in [6.45, 7) is 6.35. The fraction of sp³-hybridized carbons (Fsp3) is 0.371. The van der Waals surface area contributed by atoms with Gasteiger partial charge in [-0.15, -0.1) is 0 Å². The molecule has 1 amide bonds. The van der Waals surface area contributed by atoms with Crippen LogP contribution in [0.4, 0.5) is 5.69 Å². The number of amides is 1. The molecule has 2 heterocycles. The third kappa shape index (κ3) is 7.19. The molecule has 0 radical (unpaired) electrons. The van der Waals surface area contributed by atoms with E-state index in [4.69, 9.17) is 9.72 Å². The molecular formula is C35H42N4O2S. The number of hydrogen-bond donors (Lipinski definition) is 0. The highest BCUT2D eigenvalue weighted by Crippen LogP contribution is 2.36. The maximum Gasteiger partial charge on any atom is 0.222 e. The monoisotopic (exact) mass is 582 g/mol. The fourth-order valence-corrected chi connectivity index (χ4v) is 6.57. The van der Waals surface area contributed by atoms with E-state index in [1.54, 1.807) is 7.11 Å². The molecule has 42 heavy (non-hydrogen) atoms. The van der Waals surface area contributed by atoms with Crippen molar-refractivity contribution in [2.45, 2.75) is 50.7 Å². The molecule has 1 aromatic heterocycles. The molecule has 5 rings (SSSR count). The van der Waals surface area contributed by atoms with Crippen molar-refractivity contribution in [2.75, 3.05) is 43.9 Å². The van der Waals surface area contributed by atoms with Crippen molar-refractivity contribution >= 4 is 23.4 Å². The van der Waals surface area contributed by atoms with Crippen LogP contribution in [0.3, 0.4) is 0 Å². The number of ether oxygens (including phenoxy) is 1. The first kappa shape index (κ1) is 29.8. The number of carbonyl (C=O) groups is 1. The summed E-state index contributed by atoms with van der Waals surface area (Å²) in [6.07, 6.45) is 4.72. The van der Waals surface area contributed by atoms with E-state index in [0.717, 1.165) is 92.0 Å². The van der Waals surface area contributed by atoms with E-state index < -0.39 is 0 Å². The van der Waals surface area contributed by atoms with Crippen LogP contribution in [0.15, 0.2) is 90.1 Å². The lowest BCUT2D eigenvalue weighted by Gasteiger charge is -2.36. The van der Waals surface area contributed by atoms with E-state index in [0.29, 0.717) is 6.42 Å². The molecule has 7 heteroatoms. The van der Waals surface area contributed by atoms with Crippen molar-refractivity contribution in [1.29, 1.82) is 0 Å². The maximum absolute atomic E-state index is 13.0. The van der Waals surface area contributed by atoms with Gasteiger partial charge in [0.25, 0.3) is 0 Å². The first-order valence-electron chi connectivity index (χ1n) is 15.2. The molecule has 1 fully saturated rings. The van der Waals surface area contributed by atoms with E-state index in [-0.39, 0.29) is 5.91 Å². The summed E-state index contributed by atoms with van der Waals surface area (Å²) in [5.41, 5.74) is 5.68. The van der Waals surface area contributed by atoms with Crippen LogP contribution in [0.1, 0.15) is 39.0 Å². The molecule has 1 aliphatic rings. The molecule has 3 aromatic carbocycles. The largest absolute Gasteiger partial charge is 0.495 e. The van der Waals surface area contributed by atoms with E-state index in [9.17, 15) is 4.79 Å². The molecule has 1 aliphatic heterocycles. The maximum atomic E-state index is 13.0. The number of unbranched alkanes of at least 4 members (excludes halogenated alkanes) is 2. The van der Waals surface area contributed by atoms with Crippen LogP contribution in [0.5, 0.6) is 5.75 Å². The SMILES string of the molecule is CCCCn1c(SCCCCC(=O)N2CCN(c3ccccc3OC)CC2)nc(-c2ccccc2)c1-c1ccccc1. The number of methoxy groups -OCH3 is 1. The van der Waals surface area contributed by atoms with Gasteiger partial charge in [0.15, 0.2) is 5.16 Å². The quantitative estimate of drug-likeness (QED) is 0.120. The molecule has 4 aromatic rings. The van der Waals surface area contributed by atoms with Gasteiger partial charge in [-0.1, -0.05) is 97.9 Å². The van der Waals surface area contributed by atoms with Crippen LogP contribution in [-0.4, -0.2) is 59.4 Å². The lowest BCUT2D eigenvalue weighted by Crippen LogP contribution is -2.48. The number of para-hydroxylation sites is 2. The molecule has 1 saturated heterocycles. The molecule has 0 unspecified atom stereocenters. The van der Waals surface area contributed by atoms with Gasteiger partial charge in [-0.3, -0.25) is 4.79 Å². The fourth-order valence-electron chi connectivity index (χ4n) is 5.54. The van der Waals surface area contributed by atoms with Crippen LogP contribution in [0.2, 0.25) is 0 Å². The highest BCUT2D eigenvalue weighted by Gasteiger charge is 2.23. The summed E-state index contributed by atoms with van der Waals surface area (Å²) in [4.78, 5) is 22.5. The van der Waals surface area contributed by atoms with Crippen molar-refractivity contribution in [1.82, 2.24) is 14.5 Å². The van der Waals surface area contributed by atoms with E-state index in [1.807, 2.05) is 34.9 Å². The molecule has 0 aliphatic carbocycles. The number of benzene rings is 3. The third-order valence-electron chi connectivity index (χ3n) is 7.84. The van der Waals surface area contributed by atoms with Gasteiger partial charge in [0.2, 0.25) is 5.91 Å². The summed E-state index contributed by atoms with van der Waals surface area (Å²) >= 11 is 1.82. The van der Waals surface area contributed by atoms with Crippen LogP contribution in [0.25, 0.3) is 22.5 Å². The van der Waals surface area contributed by atoms with E-state index >= 15 is 0 Å². The van der Waals surface area contributed by atoms with Crippen LogP contribution < -0.4 is 9.64 Å². The van der Waals surface area contributed by atoms with Gasteiger partial charge in [0, 0.05) is 56.0 Å². The standard InChI is InChI=1S/C35H42N4O2S/c1-3-4-22-39-34(29-17-9-6-10-18-29)33(28-15-7-5-8-16-28)36-35(39)42-27-14-13-21-32(40)38-25-23-37(24-26-38)30-19-11-12-20-31(30)41-2/h5-12,15-20H,3-4,13-14,21-27H2,1-2H3. The number of aromatic nitrogens is 2. The Morgan fingerprint density at radius 3 is 2.19 bits per heavy atom. The molecule has 0 spiro atoms. The summed E-state index contributed by atoms with van der Waals surface area (Å²) in [5, 5.41) is 1.07. The summed E-state index contributed by atoms with van der Waals surface area (Å²) in [5.74, 6) is 2.10. The predicted octanol–water partition coefficient (Wildman–Crippen LogP) is 7.64. The molecule has 220 valence electrons. The second kappa shape index (κ2) is 15.0. The van der Waals surface area contributed by atoms with Crippen LogP contribution in [-0.2, 0) is 11.3 Å². The number of hydrogen-bond acceptors (Lipinski definition) is 5. The molecular weight excluding hydrogens is 540 g/mol. The van der Waals surface area contributed by atoms with Crippen molar-refractivity contribution in [3.63, 3.8) is 0 Å². The van der Waals surface area contributed by atoms with Crippen molar-refractivity contribution < 1.29 is 9.53 Å². The zero-order valence-corrected chi connectivity index (χ0v) is 25.7. The second-order valence-electron chi connectivity index (χ2n) is 10.7. The highest BCUT2D eigenvalue weighted by molar-refractivity contribution is 7.99. The highest BCUT2D eigenvalue weighted by atomic mass is 32.2. The second-order valence-corrected chi connectivity index (χ2v) is 11.7. The number of anilines is 1. The smallest absolute Gasteiger partial charge is 0.222 e. The Labute approximate surface area is 254 Å². The average molecular weight is 583 g/mol. The van der Waals surface area contributed by atoms with Crippen LogP contribution in [0, 0.1) is 0 Å². The van der Waals surface area contributed by atoms with Gasteiger partial charge >= 0.3 is 0 Å². The Bertz CT molecular complexity index is 1420. The number of carbonyl (C=O) groups excluding carboxylic acids is 1. The number of imidazole rings is 1. The first-order chi connectivity index (χ1) is 20.7. The van der Waals surface area contributed by atoms with Gasteiger partial charge in [-0.25, -0.2) is 4.98 Å². The molecule has 0 bridgehead atoms. The lowest BCUT2D eigenvalue weighted by atomic mass is 10.0. The average Bonchev–Trinajstić information content (AvgIpc) is 3.42. The minimum absolute atomic E-state index is 0.266. The Hall–Kier alpha value is -3.71. The Morgan fingerprint density at radius 2 is 1.50 bits per heavy atom. The minimum Gasteiger partial charge on any atom is -0.495 e. The first-order valence-corrected chi connectivity index (χ1v) is 16.2. The molecule has 0 saturated carbocycles. The summed E-state index contributed by atoms with van der Waals surface area (Å²) < 4.78 is 7.94. The number of thioether (sulfide) groups is 1. The van der Waals surface area contributed by atoms with E-state index in [2.05, 4.69) is 83.1 Å². The number of rotatable bonds is 13. The number of nitrogens with zero attached hydrogens (tertiary/aromatic N) is 4. The van der Waals surface area contributed by atoms with Crippen molar-refractivity contribution in [3.8, 4) is 28.3 Å². The minimum atomic E-state index is 0.266. The Balaban J connectivity index is 1.18. The Morgan fingerprint density at radius 1 is 0.833 bits per heavy atom. The Kier molecular flexibility index (Phi) is 10.6. The van der Waals surface area contributed by atoms with Gasteiger partial charge < -0.3 is 19.1 Å². The normalized spacial score (nSPS) is 13.4. The van der Waals surface area contributed by atoms with Gasteiger partial charge in [-0.05, 0) is 31.4 Å². The third-order valence-corrected chi connectivity index (χ3v) is 8.90.